The summed E-state index contributed by atoms with van der Waals surface area (Å²) in [4.78, 5) is 25.5. The summed E-state index contributed by atoms with van der Waals surface area (Å²) in [6.45, 7) is 1.94. The maximum absolute atomic E-state index is 12.2. The first kappa shape index (κ1) is 14.7. The van der Waals surface area contributed by atoms with Crippen molar-refractivity contribution < 1.29 is 14.0 Å². The van der Waals surface area contributed by atoms with E-state index < -0.39 is 0 Å². The summed E-state index contributed by atoms with van der Waals surface area (Å²) in [7, 11) is 1.55. The zero-order valence-corrected chi connectivity index (χ0v) is 12.7. The maximum atomic E-state index is 12.2. The molecule has 3 rings (SSSR count). The normalized spacial score (nSPS) is 23.2. The predicted octanol–water partition coefficient (Wildman–Crippen LogP) is 1.75. The summed E-state index contributed by atoms with van der Waals surface area (Å²) < 4.78 is 5.39. The first-order chi connectivity index (χ1) is 10.7. The van der Waals surface area contributed by atoms with Gasteiger partial charge in [0, 0.05) is 20.1 Å². The van der Waals surface area contributed by atoms with E-state index in [1.165, 1.54) is 0 Å². The van der Waals surface area contributed by atoms with Crippen LogP contribution in [0.5, 0.6) is 0 Å². The molecular formula is C16H21N3O3. The van der Waals surface area contributed by atoms with Gasteiger partial charge in [-0.1, -0.05) is 12.2 Å². The summed E-state index contributed by atoms with van der Waals surface area (Å²) in [5.74, 6) is 1.75. The standard InChI is InChI=1S/C16H21N3O3/c1-17-15(20)14-7-6-13(22-14)8-18-16(21)19-9-11-4-2-3-5-12(11)10-19/h2-3,6-7,11-12H,4-5,8-10H2,1H3,(H,17,20)(H,18,21). The highest BCUT2D eigenvalue weighted by Crippen LogP contribution is 2.32. The number of furan rings is 1. The van der Waals surface area contributed by atoms with Crippen LogP contribution in [0.25, 0.3) is 0 Å². The third-order valence-corrected chi connectivity index (χ3v) is 4.43. The van der Waals surface area contributed by atoms with Gasteiger partial charge in [-0.15, -0.1) is 0 Å². The van der Waals surface area contributed by atoms with Crippen LogP contribution in [-0.4, -0.2) is 37.0 Å². The molecule has 6 nitrogen and oxygen atoms in total. The highest BCUT2D eigenvalue weighted by Gasteiger charge is 2.34. The van der Waals surface area contributed by atoms with Crippen LogP contribution < -0.4 is 10.6 Å². The first-order valence-electron chi connectivity index (χ1n) is 7.66. The number of fused-ring (bicyclic) bond motifs is 1. The van der Waals surface area contributed by atoms with E-state index in [1.54, 1.807) is 19.2 Å². The van der Waals surface area contributed by atoms with Crippen LogP contribution in [0.1, 0.15) is 29.2 Å². The summed E-state index contributed by atoms with van der Waals surface area (Å²) in [5, 5.41) is 5.36. The fourth-order valence-corrected chi connectivity index (χ4v) is 3.17. The van der Waals surface area contributed by atoms with Crippen molar-refractivity contribution in [2.45, 2.75) is 19.4 Å². The Kier molecular flexibility index (Phi) is 4.18. The molecule has 118 valence electrons. The van der Waals surface area contributed by atoms with Gasteiger partial charge >= 0.3 is 6.03 Å². The molecule has 0 aromatic carbocycles. The minimum Gasteiger partial charge on any atom is -0.454 e. The molecule has 2 aliphatic rings. The zero-order chi connectivity index (χ0) is 15.5. The van der Waals surface area contributed by atoms with E-state index in [9.17, 15) is 9.59 Å². The van der Waals surface area contributed by atoms with Gasteiger partial charge in [0.25, 0.3) is 5.91 Å². The van der Waals surface area contributed by atoms with Crippen LogP contribution in [-0.2, 0) is 6.54 Å². The molecule has 0 bridgehead atoms. The molecule has 6 heteroatoms. The number of carbonyl (C=O) groups excluding carboxylic acids is 2. The Morgan fingerprint density at radius 2 is 1.91 bits per heavy atom. The number of hydrogen-bond acceptors (Lipinski definition) is 3. The van der Waals surface area contributed by atoms with Crippen LogP contribution in [0, 0.1) is 11.8 Å². The molecule has 0 spiro atoms. The highest BCUT2D eigenvalue weighted by molar-refractivity contribution is 5.91. The molecule has 0 radical (unpaired) electrons. The lowest BCUT2D eigenvalue weighted by molar-refractivity contribution is 0.0934. The average Bonchev–Trinajstić information content (AvgIpc) is 3.18. The van der Waals surface area contributed by atoms with Crippen molar-refractivity contribution in [2.24, 2.45) is 11.8 Å². The number of nitrogens with zero attached hydrogens (tertiary/aromatic N) is 1. The van der Waals surface area contributed by atoms with E-state index >= 15 is 0 Å². The molecule has 1 fully saturated rings. The van der Waals surface area contributed by atoms with Gasteiger partial charge in [-0.25, -0.2) is 4.79 Å². The van der Waals surface area contributed by atoms with Gasteiger partial charge in [0.2, 0.25) is 0 Å². The van der Waals surface area contributed by atoms with E-state index in [4.69, 9.17) is 4.42 Å². The SMILES string of the molecule is CNC(=O)c1ccc(CNC(=O)N2CC3CC=CCC3C2)o1. The molecule has 0 saturated carbocycles. The second kappa shape index (κ2) is 6.25. The second-order valence-electron chi connectivity index (χ2n) is 5.87. The Morgan fingerprint density at radius 1 is 1.23 bits per heavy atom. The van der Waals surface area contributed by atoms with Gasteiger partial charge in [-0.05, 0) is 36.8 Å². The van der Waals surface area contributed by atoms with Crippen molar-refractivity contribution in [3.63, 3.8) is 0 Å². The van der Waals surface area contributed by atoms with Crippen LogP contribution in [0.4, 0.5) is 4.79 Å². The molecule has 1 aliphatic heterocycles. The third-order valence-electron chi connectivity index (χ3n) is 4.43. The maximum Gasteiger partial charge on any atom is 0.317 e. The van der Waals surface area contributed by atoms with Crippen molar-refractivity contribution in [1.82, 2.24) is 15.5 Å². The predicted molar refractivity (Wildman–Crippen MR) is 81.3 cm³/mol. The van der Waals surface area contributed by atoms with E-state index in [2.05, 4.69) is 22.8 Å². The molecule has 1 aliphatic carbocycles. The van der Waals surface area contributed by atoms with Gasteiger partial charge in [-0.2, -0.15) is 0 Å². The van der Waals surface area contributed by atoms with Crippen molar-refractivity contribution in [1.29, 1.82) is 0 Å². The van der Waals surface area contributed by atoms with Crippen LogP contribution in [0.3, 0.4) is 0 Å². The Bertz CT molecular complexity index is 577. The number of hydrogen-bond donors (Lipinski definition) is 2. The van der Waals surface area contributed by atoms with Gasteiger partial charge < -0.3 is 20.0 Å². The molecule has 1 saturated heterocycles. The van der Waals surface area contributed by atoms with Gasteiger partial charge in [0.1, 0.15) is 5.76 Å². The van der Waals surface area contributed by atoms with Crippen molar-refractivity contribution in [2.75, 3.05) is 20.1 Å². The monoisotopic (exact) mass is 303 g/mol. The number of rotatable bonds is 3. The van der Waals surface area contributed by atoms with Crippen molar-refractivity contribution in [3.05, 3.63) is 35.8 Å². The zero-order valence-electron chi connectivity index (χ0n) is 12.7. The first-order valence-corrected chi connectivity index (χ1v) is 7.66. The average molecular weight is 303 g/mol. The Labute approximate surface area is 129 Å². The lowest BCUT2D eigenvalue weighted by Gasteiger charge is -2.17. The van der Waals surface area contributed by atoms with Gasteiger partial charge in [0.05, 0.1) is 6.54 Å². The Balaban J connectivity index is 1.50. The summed E-state index contributed by atoms with van der Waals surface area (Å²) >= 11 is 0. The molecule has 2 unspecified atom stereocenters. The summed E-state index contributed by atoms with van der Waals surface area (Å²) in [6, 6.07) is 3.25. The third kappa shape index (κ3) is 3.00. The number of allylic oxidation sites excluding steroid dienone is 2. The van der Waals surface area contributed by atoms with Crippen molar-refractivity contribution >= 4 is 11.9 Å². The second-order valence-corrected chi connectivity index (χ2v) is 5.87. The summed E-state index contributed by atoms with van der Waals surface area (Å²) in [6.07, 6.45) is 6.57. The quantitative estimate of drug-likeness (QED) is 0.835. The van der Waals surface area contributed by atoms with Crippen molar-refractivity contribution in [3.8, 4) is 0 Å². The number of amides is 3. The number of nitrogens with one attached hydrogen (secondary N) is 2. The molecular weight excluding hydrogens is 282 g/mol. The minimum atomic E-state index is -0.270. The topological polar surface area (TPSA) is 74.6 Å². The fourth-order valence-electron chi connectivity index (χ4n) is 3.17. The van der Waals surface area contributed by atoms with Crippen LogP contribution in [0.15, 0.2) is 28.7 Å². The fraction of sp³-hybridized carbons (Fsp3) is 0.500. The van der Waals surface area contributed by atoms with Crippen LogP contribution >= 0.6 is 0 Å². The Morgan fingerprint density at radius 3 is 2.55 bits per heavy atom. The molecule has 3 amide bonds. The van der Waals surface area contributed by atoms with Crippen LogP contribution in [0.2, 0.25) is 0 Å². The Hall–Kier alpha value is -2.24. The summed E-state index contributed by atoms with van der Waals surface area (Å²) in [5.41, 5.74) is 0. The number of likely N-dealkylation sites (tertiary alicyclic amines) is 1. The van der Waals surface area contributed by atoms with Gasteiger partial charge in [0.15, 0.2) is 5.76 Å². The molecule has 2 atom stereocenters. The van der Waals surface area contributed by atoms with E-state index in [0.717, 1.165) is 25.9 Å². The smallest absolute Gasteiger partial charge is 0.317 e. The molecule has 2 heterocycles. The molecule has 1 aromatic rings. The van der Waals surface area contributed by atoms with Gasteiger partial charge in [-0.3, -0.25) is 4.79 Å². The largest absolute Gasteiger partial charge is 0.454 e. The van der Waals surface area contributed by atoms with E-state index in [0.29, 0.717) is 24.1 Å². The number of carbonyl (C=O) groups is 2. The lowest BCUT2D eigenvalue weighted by Crippen LogP contribution is -2.38. The molecule has 2 N–H and O–H groups in total. The molecule has 22 heavy (non-hydrogen) atoms. The van der Waals surface area contributed by atoms with E-state index in [1.807, 2.05) is 4.90 Å². The highest BCUT2D eigenvalue weighted by atomic mass is 16.4. The van der Waals surface area contributed by atoms with E-state index in [-0.39, 0.29) is 17.7 Å². The number of urea groups is 1. The lowest BCUT2D eigenvalue weighted by atomic mass is 9.86. The minimum absolute atomic E-state index is 0.0627. The molecule has 1 aromatic heterocycles.